The number of nitrogens with two attached hydrogens (primary N) is 1. The number of aryl methyl sites for hydroxylation is 1. The minimum atomic E-state index is -0.423. The number of aliphatic imine (C=N–C) groups is 2. The zero-order valence-electron chi connectivity index (χ0n) is 20.4. The first-order chi connectivity index (χ1) is 17.6. The number of allylic oxidation sites excluding steroid dienone is 2. The summed E-state index contributed by atoms with van der Waals surface area (Å²) in [6, 6.07) is 9.69. The number of rotatable bonds is 9. The van der Waals surface area contributed by atoms with Crippen molar-refractivity contribution in [3.8, 4) is 11.5 Å². The number of benzene rings is 1. The second-order valence-corrected chi connectivity index (χ2v) is 9.07. The van der Waals surface area contributed by atoms with Gasteiger partial charge in [-0.2, -0.15) is 0 Å². The van der Waals surface area contributed by atoms with Crippen LogP contribution in [0.15, 0.2) is 69.7 Å². The van der Waals surface area contributed by atoms with Crippen LogP contribution in [0.2, 0.25) is 0 Å². The van der Waals surface area contributed by atoms with Crippen molar-refractivity contribution in [1.82, 2.24) is 9.88 Å². The van der Waals surface area contributed by atoms with E-state index in [0.717, 1.165) is 59.8 Å². The summed E-state index contributed by atoms with van der Waals surface area (Å²) in [7, 11) is 2.02. The number of alkyl carbamates (subject to hydrolysis) is 1. The molecule has 9 heteroatoms. The summed E-state index contributed by atoms with van der Waals surface area (Å²) in [4.78, 5) is 21.6. The maximum absolute atomic E-state index is 12.0. The second kappa shape index (κ2) is 10.7. The molecule has 36 heavy (non-hydrogen) atoms. The molecule has 1 unspecified atom stereocenters. The molecular weight excluding hydrogens is 458 g/mol. The fourth-order valence-electron chi connectivity index (χ4n) is 4.55. The summed E-state index contributed by atoms with van der Waals surface area (Å²) < 4.78 is 18.1. The lowest BCUT2D eigenvalue weighted by Gasteiger charge is -2.12. The molecule has 1 amide bonds. The highest BCUT2D eigenvalue weighted by molar-refractivity contribution is 6.01. The average Bonchev–Trinajstić information content (AvgIpc) is 3.60. The van der Waals surface area contributed by atoms with Gasteiger partial charge in [-0.05, 0) is 42.7 Å². The highest BCUT2D eigenvalue weighted by Gasteiger charge is 2.26. The first-order valence-corrected chi connectivity index (χ1v) is 12.3. The highest BCUT2D eigenvalue weighted by Crippen LogP contribution is 2.33. The molecular formula is C27H31N5O4. The van der Waals surface area contributed by atoms with Crippen molar-refractivity contribution in [2.45, 2.75) is 38.6 Å². The van der Waals surface area contributed by atoms with Crippen LogP contribution >= 0.6 is 0 Å². The number of carbonyl (C=O) groups is 1. The van der Waals surface area contributed by atoms with E-state index in [2.05, 4.69) is 20.9 Å². The summed E-state index contributed by atoms with van der Waals surface area (Å²) in [5.74, 6) is 1.56. The Bertz CT molecular complexity index is 1260. The maximum Gasteiger partial charge on any atom is 0.407 e. The first-order valence-electron chi connectivity index (χ1n) is 12.3. The zero-order chi connectivity index (χ0) is 24.9. The summed E-state index contributed by atoms with van der Waals surface area (Å²) in [6.07, 6.45) is 9.90. The molecule has 3 aliphatic rings. The van der Waals surface area contributed by atoms with E-state index in [4.69, 9.17) is 24.9 Å². The number of hydrogen-bond donors (Lipinski definition) is 2. The number of ether oxygens (including phenoxy) is 3. The molecule has 0 saturated heterocycles. The van der Waals surface area contributed by atoms with Crippen LogP contribution in [0.5, 0.6) is 11.5 Å². The molecule has 0 spiro atoms. The van der Waals surface area contributed by atoms with Gasteiger partial charge in [-0.15, -0.1) is 0 Å². The van der Waals surface area contributed by atoms with E-state index < -0.39 is 6.09 Å². The third-order valence-electron chi connectivity index (χ3n) is 6.53. The molecule has 1 aromatic heterocycles. The number of aromatic nitrogens is 1. The Hall–Kier alpha value is -4.01. The summed E-state index contributed by atoms with van der Waals surface area (Å²) in [5.41, 5.74) is 11.8. The molecule has 4 heterocycles. The van der Waals surface area contributed by atoms with Crippen LogP contribution in [-0.4, -0.2) is 36.0 Å². The van der Waals surface area contributed by atoms with Crippen LogP contribution in [0.3, 0.4) is 0 Å². The Kier molecular flexibility index (Phi) is 7.06. The molecule has 0 aliphatic carbocycles. The van der Waals surface area contributed by atoms with Crippen molar-refractivity contribution in [2.75, 3.05) is 13.4 Å². The number of nitrogens with one attached hydrogen (secondary N) is 1. The number of amides is 1. The lowest BCUT2D eigenvalue weighted by Crippen LogP contribution is -2.24. The number of carbonyl (C=O) groups excluding carboxylic acids is 1. The Morgan fingerprint density at radius 1 is 1.22 bits per heavy atom. The summed E-state index contributed by atoms with van der Waals surface area (Å²) >= 11 is 0. The Morgan fingerprint density at radius 2 is 2.11 bits per heavy atom. The van der Waals surface area contributed by atoms with E-state index in [1.807, 2.05) is 49.8 Å². The van der Waals surface area contributed by atoms with Crippen molar-refractivity contribution < 1.29 is 19.0 Å². The number of fused-ring (bicyclic) bond motifs is 1. The number of nitrogens with zero attached hydrogens (tertiary/aromatic N) is 3. The van der Waals surface area contributed by atoms with Gasteiger partial charge in [-0.1, -0.05) is 25.0 Å². The average molecular weight is 490 g/mol. The van der Waals surface area contributed by atoms with Crippen LogP contribution in [0.4, 0.5) is 4.79 Å². The predicted molar refractivity (Wildman–Crippen MR) is 137 cm³/mol. The molecule has 2 aromatic rings. The van der Waals surface area contributed by atoms with Gasteiger partial charge >= 0.3 is 6.09 Å². The number of unbranched alkanes of at least 4 members (excludes halogenated alkanes) is 2. The lowest BCUT2D eigenvalue weighted by atomic mass is 9.99. The molecule has 0 radical (unpaired) electrons. The van der Waals surface area contributed by atoms with E-state index in [1.54, 1.807) is 0 Å². The quantitative estimate of drug-likeness (QED) is 0.513. The molecule has 188 valence electrons. The van der Waals surface area contributed by atoms with Gasteiger partial charge in [0.2, 0.25) is 6.79 Å². The fourth-order valence-corrected chi connectivity index (χ4v) is 4.55. The Labute approximate surface area is 210 Å². The normalized spacial score (nSPS) is 18.0. The molecule has 5 rings (SSSR count). The maximum atomic E-state index is 12.0. The largest absolute Gasteiger partial charge is 0.454 e. The number of hydrogen-bond acceptors (Lipinski definition) is 7. The summed E-state index contributed by atoms with van der Waals surface area (Å²) in [5, 5.41) is 2.77. The molecule has 0 fully saturated rings. The Balaban J connectivity index is 1.04. The van der Waals surface area contributed by atoms with Crippen LogP contribution in [0.1, 0.15) is 43.4 Å². The van der Waals surface area contributed by atoms with Gasteiger partial charge in [0, 0.05) is 38.3 Å². The van der Waals surface area contributed by atoms with Crippen molar-refractivity contribution in [3.63, 3.8) is 0 Å². The van der Waals surface area contributed by atoms with Crippen molar-refractivity contribution >= 4 is 18.0 Å². The first kappa shape index (κ1) is 23.7. The molecule has 3 aliphatic heterocycles. The molecule has 0 saturated carbocycles. The molecule has 3 N–H and O–H groups in total. The van der Waals surface area contributed by atoms with Crippen LogP contribution < -0.4 is 20.5 Å². The van der Waals surface area contributed by atoms with Gasteiger partial charge in [-0.25, -0.2) is 4.79 Å². The monoisotopic (exact) mass is 489 g/mol. The predicted octanol–water partition coefficient (Wildman–Crippen LogP) is 4.19. The van der Waals surface area contributed by atoms with Crippen LogP contribution in [0, 0.1) is 5.92 Å². The molecule has 9 nitrogen and oxygen atoms in total. The highest BCUT2D eigenvalue weighted by atomic mass is 16.7. The second-order valence-electron chi connectivity index (χ2n) is 9.07. The standard InChI is InChI=1S/C27H31N5O4/c1-32-12-5-7-22(32)21-10-9-20(28)26-25(31-21)19(16-29-26)6-3-2-4-13-34-27(33)30-15-18-8-11-23-24(14-18)36-17-35-23/h5,7-9,11-12,14,16,19H,2-4,6,10,13,15,17,28H2,1H3,(H,30,33). The van der Waals surface area contributed by atoms with Crippen molar-refractivity contribution in [3.05, 3.63) is 71.0 Å². The van der Waals surface area contributed by atoms with E-state index in [0.29, 0.717) is 31.0 Å². The SMILES string of the molecule is Cn1cccc1C1=NC2=C(N=CC2CCCCCOC(=O)NCc2ccc3c(c2)OCO3)C(N)=CC1. The third-order valence-corrected chi connectivity index (χ3v) is 6.53. The van der Waals surface area contributed by atoms with E-state index in [9.17, 15) is 4.79 Å². The van der Waals surface area contributed by atoms with Gasteiger partial charge in [0.05, 0.1) is 29.4 Å². The molecule has 1 aromatic carbocycles. The molecule has 1 atom stereocenters. The fraction of sp³-hybridized carbons (Fsp3) is 0.370. The van der Waals surface area contributed by atoms with Gasteiger partial charge in [-0.3, -0.25) is 9.98 Å². The van der Waals surface area contributed by atoms with Gasteiger partial charge < -0.3 is 29.8 Å². The van der Waals surface area contributed by atoms with E-state index in [1.165, 1.54) is 0 Å². The van der Waals surface area contributed by atoms with Gasteiger partial charge in [0.15, 0.2) is 11.5 Å². The third kappa shape index (κ3) is 5.30. The van der Waals surface area contributed by atoms with E-state index >= 15 is 0 Å². The van der Waals surface area contributed by atoms with Crippen molar-refractivity contribution in [2.24, 2.45) is 28.7 Å². The zero-order valence-corrected chi connectivity index (χ0v) is 20.4. The van der Waals surface area contributed by atoms with E-state index in [-0.39, 0.29) is 12.7 Å². The van der Waals surface area contributed by atoms with Crippen LogP contribution in [0.25, 0.3) is 0 Å². The summed E-state index contributed by atoms with van der Waals surface area (Å²) in [6.45, 7) is 0.982. The Morgan fingerprint density at radius 3 is 2.97 bits per heavy atom. The minimum absolute atomic E-state index is 0.145. The lowest BCUT2D eigenvalue weighted by molar-refractivity contribution is 0.143. The van der Waals surface area contributed by atoms with Crippen LogP contribution in [-0.2, 0) is 18.3 Å². The van der Waals surface area contributed by atoms with Crippen molar-refractivity contribution in [1.29, 1.82) is 0 Å². The topological polar surface area (TPSA) is 112 Å². The minimum Gasteiger partial charge on any atom is -0.454 e. The van der Waals surface area contributed by atoms with Gasteiger partial charge in [0.1, 0.15) is 5.70 Å². The van der Waals surface area contributed by atoms with Gasteiger partial charge in [0.25, 0.3) is 0 Å². The smallest absolute Gasteiger partial charge is 0.407 e. The molecule has 0 bridgehead atoms.